The maximum Gasteiger partial charge on any atom is 0.276 e. The van der Waals surface area contributed by atoms with Gasteiger partial charge in [0, 0.05) is 18.4 Å². The molecule has 0 fully saturated rings. The molecule has 0 aliphatic heterocycles. The van der Waals surface area contributed by atoms with E-state index in [0.717, 1.165) is 17.1 Å². The molecule has 2 aromatic heterocycles. The number of carbonyl (C=O) groups is 1. The van der Waals surface area contributed by atoms with Crippen molar-refractivity contribution in [2.75, 3.05) is 19.4 Å². The van der Waals surface area contributed by atoms with Crippen LogP contribution in [0.5, 0.6) is 11.5 Å². The zero-order valence-corrected chi connectivity index (χ0v) is 16.4. The average Bonchev–Trinajstić information content (AvgIpc) is 3.08. The van der Waals surface area contributed by atoms with Crippen LogP contribution >= 0.6 is 0 Å². The van der Waals surface area contributed by atoms with Crippen molar-refractivity contribution in [2.45, 2.75) is 6.54 Å². The van der Waals surface area contributed by atoms with Gasteiger partial charge in [0.05, 0.1) is 5.69 Å². The second-order valence-corrected chi connectivity index (χ2v) is 6.97. The van der Waals surface area contributed by atoms with Gasteiger partial charge in [0.2, 0.25) is 0 Å². The molecule has 4 rings (SSSR count). The standard InChI is InChI=1S/C23H22N4O2/c1-26(2)16-20-22(25-21-10-6-7-15-27(20)21)23(28)24-17-11-13-19(14-12-17)29-18-8-4-3-5-9-18/h3-15H,16H2,1-2H3,(H,24,28). The monoisotopic (exact) mass is 386 g/mol. The lowest BCUT2D eigenvalue weighted by atomic mass is 10.2. The van der Waals surface area contributed by atoms with E-state index in [4.69, 9.17) is 4.74 Å². The number of hydrogen-bond acceptors (Lipinski definition) is 4. The molecule has 0 saturated carbocycles. The number of para-hydroxylation sites is 1. The lowest BCUT2D eigenvalue weighted by molar-refractivity contribution is 0.102. The first-order valence-electron chi connectivity index (χ1n) is 9.35. The van der Waals surface area contributed by atoms with Crippen molar-refractivity contribution in [1.29, 1.82) is 0 Å². The number of aromatic nitrogens is 2. The van der Waals surface area contributed by atoms with E-state index in [1.807, 2.05) is 102 Å². The minimum absolute atomic E-state index is 0.234. The smallest absolute Gasteiger partial charge is 0.276 e. The molecule has 6 heteroatoms. The Bertz CT molecular complexity index is 1120. The van der Waals surface area contributed by atoms with Crippen molar-refractivity contribution in [3.63, 3.8) is 0 Å². The Morgan fingerprint density at radius 1 is 0.966 bits per heavy atom. The predicted molar refractivity (Wildman–Crippen MR) is 113 cm³/mol. The van der Waals surface area contributed by atoms with Crippen LogP contribution in [0.4, 0.5) is 5.69 Å². The minimum atomic E-state index is -0.234. The molecular weight excluding hydrogens is 364 g/mol. The van der Waals surface area contributed by atoms with Gasteiger partial charge < -0.3 is 19.4 Å². The first-order chi connectivity index (χ1) is 14.1. The molecule has 2 aromatic carbocycles. The van der Waals surface area contributed by atoms with Gasteiger partial charge >= 0.3 is 0 Å². The fourth-order valence-electron chi connectivity index (χ4n) is 3.10. The summed E-state index contributed by atoms with van der Waals surface area (Å²) in [5.74, 6) is 1.24. The van der Waals surface area contributed by atoms with Crippen LogP contribution in [0.15, 0.2) is 79.0 Å². The number of benzene rings is 2. The topological polar surface area (TPSA) is 58.9 Å². The second kappa shape index (κ2) is 8.16. The maximum atomic E-state index is 12.9. The van der Waals surface area contributed by atoms with Gasteiger partial charge in [-0.1, -0.05) is 24.3 Å². The minimum Gasteiger partial charge on any atom is -0.457 e. The van der Waals surface area contributed by atoms with Crippen molar-refractivity contribution in [1.82, 2.24) is 14.3 Å². The quantitative estimate of drug-likeness (QED) is 0.532. The summed E-state index contributed by atoms with van der Waals surface area (Å²) in [4.78, 5) is 19.5. The molecule has 1 amide bonds. The molecule has 146 valence electrons. The van der Waals surface area contributed by atoms with Crippen LogP contribution in [0.2, 0.25) is 0 Å². The summed E-state index contributed by atoms with van der Waals surface area (Å²) in [6.07, 6.45) is 1.92. The molecule has 0 atom stereocenters. The Kier molecular flexibility index (Phi) is 5.27. The predicted octanol–water partition coefficient (Wildman–Crippen LogP) is 4.44. The Labute approximate surface area is 169 Å². The number of hydrogen-bond donors (Lipinski definition) is 1. The van der Waals surface area contributed by atoms with Crippen LogP contribution in [0.3, 0.4) is 0 Å². The van der Waals surface area contributed by atoms with E-state index in [-0.39, 0.29) is 5.91 Å². The number of nitrogens with zero attached hydrogens (tertiary/aromatic N) is 3. The normalized spacial score (nSPS) is 11.0. The fraction of sp³-hybridized carbons (Fsp3) is 0.130. The van der Waals surface area contributed by atoms with Gasteiger partial charge in [-0.15, -0.1) is 0 Å². The van der Waals surface area contributed by atoms with E-state index in [1.54, 1.807) is 0 Å². The van der Waals surface area contributed by atoms with Gasteiger partial charge in [0.1, 0.15) is 17.1 Å². The number of rotatable bonds is 6. The highest BCUT2D eigenvalue weighted by Crippen LogP contribution is 2.23. The first-order valence-corrected chi connectivity index (χ1v) is 9.35. The molecular formula is C23H22N4O2. The van der Waals surface area contributed by atoms with Crippen LogP contribution in [-0.2, 0) is 6.54 Å². The lowest BCUT2D eigenvalue weighted by Crippen LogP contribution is -2.19. The zero-order valence-electron chi connectivity index (χ0n) is 16.4. The van der Waals surface area contributed by atoms with Gasteiger partial charge in [-0.05, 0) is 62.6 Å². The molecule has 6 nitrogen and oxygen atoms in total. The van der Waals surface area contributed by atoms with E-state index in [1.165, 1.54) is 0 Å². The summed E-state index contributed by atoms with van der Waals surface area (Å²) < 4.78 is 7.74. The van der Waals surface area contributed by atoms with Crippen LogP contribution in [-0.4, -0.2) is 34.3 Å². The van der Waals surface area contributed by atoms with Crippen molar-refractivity contribution in [3.05, 3.63) is 90.4 Å². The third-order valence-corrected chi connectivity index (χ3v) is 4.40. The Morgan fingerprint density at radius 3 is 2.38 bits per heavy atom. The molecule has 0 bridgehead atoms. The van der Waals surface area contributed by atoms with Gasteiger partial charge in [-0.2, -0.15) is 0 Å². The number of nitrogens with one attached hydrogen (secondary N) is 1. The first kappa shape index (κ1) is 18.7. The molecule has 29 heavy (non-hydrogen) atoms. The average molecular weight is 386 g/mol. The molecule has 0 aliphatic rings. The molecule has 1 N–H and O–H groups in total. The van der Waals surface area contributed by atoms with Crippen LogP contribution in [0, 0.1) is 0 Å². The van der Waals surface area contributed by atoms with E-state index in [0.29, 0.717) is 23.7 Å². The Morgan fingerprint density at radius 2 is 1.66 bits per heavy atom. The molecule has 0 spiro atoms. The number of pyridine rings is 1. The summed E-state index contributed by atoms with van der Waals surface area (Å²) in [6.45, 7) is 0.609. The third-order valence-electron chi connectivity index (χ3n) is 4.40. The summed E-state index contributed by atoms with van der Waals surface area (Å²) in [5.41, 5.74) is 2.71. The number of fused-ring (bicyclic) bond motifs is 1. The second-order valence-electron chi connectivity index (χ2n) is 6.97. The molecule has 0 unspecified atom stereocenters. The Hall–Kier alpha value is -3.64. The highest BCUT2D eigenvalue weighted by Gasteiger charge is 2.19. The molecule has 4 aromatic rings. The van der Waals surface area contributed by atoms with E-state index in [2.05, 4.69) is 10.3 Å². The van der Waals surface area contributed by atoms with E-state index in [9.17, 15) is 4.79 Å². The maximum absolute atomic E-state index is 12.9. The van der Waals surface area contributed by atoms with Crippen LogP contribution < -0.4 is 10.1 Å². The highest BCUT2D eigenvalue weighted by molar-refractivity contribution is 6.04. The highest BCUT2D eigenvalue weighted by atomic mass is 16.5. The van der Waals surface area contributed by atoms with Crippen molar-refractivity contribution in [2.24, 2.45) is 0 Å². The van der Waals surface area contributed by atoms with E-state index >= 15 is 0 Å². The van der Waals surface area contributed by atoms with Crippen LogP contribution in [0.25, 0.3) is 5.65 Å². The molecule has 0 aliphatic carbocycles. The molecule has 2 heterocycles. The van der Waals surface area contributed by atoms with Crippen LogP contribution in [0.1, 0.15) is 16.2 Å². The van der Waals surface area contributed by atoms with Gasteiger partial charge in [-0.25, -0.2) is 4.98 Å². The lowest BCUT2D eigenvalue weighted by Gasteiger charge is -2.11. The number of amides is 1. The van der Waals surface area contributed by atoms with Gasteiger partial charge in [0.25, 0.3) is 5.91 Å². The summed E-state index contributed by atoms with van der Waals surface area (Å²) in [5, 5.41) is 2.94. The number of anilines is 1. The van der Waals surface area contributed by atoms with Crippen molar-refractivity contribution < 1.29 is 9.53 Å². The summed E-state index contributed by atoms with van der Waals surface area (Å²) >= 11 is 0. The zero-order chi connectivity index (χ0) is 20.2. The van der Waals surface area contributed by atoms with Crippen molar-refractivity contribution in [3.8, 4) is 11.5 Å². The molecule has 0 radical (unpaired) electrons. The van der Waals surface area contributed by atoms with E-state index < -0.39 is 0 Å². The number of ether oxygens (including phenoxy) is 1. The fourth-order valence-corrected chi connectivity index (χ4v) is 3.10. The number of carbonyl (C=O) groups excluding carboxylic acids is 1. The SMILES string of the molecule is CN(C)Cc1c(C(=O)Nc2ccc(Oc3ccccc3)cc2)nc2ccccn12. The van der Waals surface area contributed by atoms with Gasteiger partial charge in [-0.3, -0.25) is 4.79 Å². The summed E-state index contributed by atoms with van der Waals surface area (Å²) in [7, 11) is 3.94. The Balaban J connectivity index is 1.53. The largest absolute Gasteiger partial charge is 0.457 e. The third kappa shape index (κ3) is 4.28. The van der Waals surface area contributed by atoms with Crippen molar-refractivity contribution >= 4 is 17.2 Å². The number of imidazole rings is 1. The summed E-state index contributed by atoms with van der Waals surface area (Å²) in [6, 6.07) is 22.6. The van der Waals surface area contributed by atoms with Gasteiger partial charge in [0.15, 0.2) is 5.69 Å². The molecule has 0 saturated heterocycles.